The van der Waals surface area contributed by atoms with E-state index >= 15 is 0 Å². The van der Waals surface area contributed by atoms with Crippen molar-refractivity contribution in [2.75, 3.05) is 0 Å². The third kappa shape index (κ3) is 7.11. The molecule has 6 rings (SSSR count). The van der Waals surface area contributed by atoms with Gasteiger partial charge in [-0.25, -0.2) is 0 Å². The molecule has 0 fully saturated rings. The zero-order valence-electron chi connectivity index (χ0n) is 26.4. The number of nitrogens with zero attached hydrogens (tertiary/aromatic N) is 2. The Morgan fingerprint density at radius 3 is 2.40 bits per heavy atom. The Kier molecular flexibility index (Phi) is 10.1. The molecule has 0 spiro atoms. The molecule has 0 amide bonds. The molecule has 5 heteroatoms. The van der Waals surface area contributed by atoms with E-state index in [0.29, 0.717) is 0 Å². The van der Waals surface area contributed by atoms with Crippen molar-refractivity contribution in [2.45, 2.75) is 57.3 Å². The van der Waals surface area contributed by atoms with Gasteiger partial charge in [0.25, 0.3) is 0 Å². The quantitative estimate of drug-likeness (QED) is 0.128. The molecule has 217 valence electrons. The molecule has 0 saturated heterocycles. The van der Waals surface area contributed by atoms with Crippen LogP contribution in [0.25, 0.3) is 42.7 Å². The molecule has 0 aliphatic rings. The Labute approximate surface area is 272 Å². The van der Waals surface area contributed by atoms with E-state index in [1.54, 1.807) is 11.3 Å². The molecule has 0 N–H and O–H groups in total. The first-order valence-electron chi connectivity index (χ1n) is 14.7. The van der Waals surface area contributed by atoms with Crippen molar-refractivity contribution in [3.63, 3.8) is 0 Å². The largest absolute Gasteiger partial charge is 0.305 e. The maximum absolute atomic E-state index is 8.51. The van der Waals surface area contributed by atoms with Crippen LogP contribution in [-0.4, -0.2) is 23.2 Å². The molecule has 0 bridgehead atoms. The molecule has 3 aromatic carbocycles. The summed E-state index contributed by atoms with van der Waals surface area (Å²) in [4.78, 5) is 9.18. The molecule has 3 heterocycles. The predicted molar refractivity (Wildman–Crippen MR) is 181 cm³/mol. The number of rotatable bonds is 5. The first-order valence-corrected chi connectivity index (χ1v) is 22.4. The second-order valence-corrected chi connectivity index (χ2v) is 23.3. The third-order valence-electron chi connectivity index (χ3n) is 7.53. The van der Waals surface area contributed by atoms with Crippen LogP contribution in [-0.2, 0) is 20.1 Å². The van der Waals surface area contributed by atoms with Crippen LogP contribution in [0.5, 0.6) is 0 Å². The Hall–Kier alpha value is -2.63. The zero-order chi connectivity index (χ0) is 30.1. The standard InChI is InChI=1S/C22H20NS.C15H18GeN.Ir/c1-4-15(3)16-10-11-23-20(13-16)18-7-5-6-17-19-12-14(2)8-9-21(19)24-22(17)18;1-12-10-15(13-8-6-5-7-9-13)17-11-14(12)16(2,3)4;/h5-6,8-13,15H,4H2,1-3H3;5-8,10-11H,1-4H3;/q2*-1;/i15D;;. The molecule has 1 unspecified atom stereocenters. The average molecular weight is 809 g/mol. The fourth-order valence-corrected chi connectivity index (χ4v) is 9.89. The van der Waals surface area contributed by atoms with Gasteiger partial charge in [0.2, 0.25) is 0 Å². The molecule has 0 saturated carbocycles. The summed E-state index contributed by atoms with van der Waals surface area (Å²) in [6.07, 6.45) is 4.66. The molecular weight excluding hydrogens is 769 g/mol. The van der Waals surface area contributed by atoms with Gasteiger partial charge in [0, 0.05) is 32.4 Å². The molecule has 3 aromatic heterocycles. The number of hydrogen-bond donors (Lipinski definition) is 0. The van der Waals surface area contributed by atoms with Gasteiger partial charge in [0.1, 0.15) is 0 Å². The van der Waals surface area contributed by atoms with Gasteiger partial charge in [-0.2, -0.15) is 11.3 Å². The Bertz CT molecular complexity index is 1860. The van der Waals surface area contributed by atoms with E-state index < -0.39 is 19.2 Å². The van der Waals surface area contributed by atoms with Crippen molar-refractivity contribution < 1.29 is 21.5 Å². The second kappa shape index (κ2) is 13.8. The van der Waals surface area contributed by atoms with Crippen LogP contribution in [0, 0.1) is 26.0 Å². The van der Waals surface area contributed by atoms with E-state index in [0.717, 1.165) is 34.5 Å². The number of aromatic nitrogens is 2. The first kappa shape index (κ1) is 30.8. The Balaban J connectivity index is 0.000000207. The smallest absolute Gasteiger partial charge is 0.0349 e. The number of pyridine rings is 2. The van der Waals surface area contributed by atoms with Gasteiger partial charge in [-0.3, -0.25) is 0 Å². The number of aryl methyl sites for hydroxylation is 2. The van der Waals surface area contributed by atoms with Crippen molar-refractivity contribution in [3.8, 4) is 22.5 Å². The zero-order valence-corrected chi connectivity index (χ0v) is 30.7. The molecule has 42 heavy (non-hydrogen) atoms. The van der Waals surface area contributed by atoms with Crippen molar-refractivity contribution >= 4 is 49.2 Å². The predicted octanol–water partition coefficient (Wildman–Crippen LogP) is 10.1. The van der Waals surface area contributed by atoms with Crippen molar-refractivity contribution in [2.24, 2.45) is 0 Å². The average Bonchev–Trinajstić information content (AvgIpc) is 3.35. The summed E-state index contributed by atoms with van der Waals surface area (Å²) in [5, 5.41) is 2.55. The molecule has 1 atom stereocenters. The minimum atomic E-state index is -1.77. The fraction of sp³-hybridized carbons (Fsp3) is 0.243. The Morgan fingerprint density at radius 2 is 1.71 bits per heavy atom. The first-order chi connectivity index (χ1) is 20.0. The summed E-state index contributed by atoms with van der Waals surface area (Å²) in [7, 11) is 0. The topological polar surface area (TPSA) is 25.8 Å². The maximum Gasteiger partial charge on any atom is 0.0349 e. The van der Waals surface area contributed by atoms with E-state index in [-0.39, 0.29) is 20.1 Å². The maximum atomic E-state index is 8.51. The summed E-state index contributed by atoms with van der Waals surface area (Å²) in [5.74, 6) is 6.61. The number of fused-ring (bicyclic) bond motifs is 3. The summed E-state index contributed by atoms with van der Waals surface area (Å²) in [6.45, 7) is 8.33. The van der Waals surface area contributed by atoms with Gasteiger partial charge in [0.15, 0.2) is 0 Å². The van der Waals surface area contributed by atoms with Crippen LogP contribution >= 0.6 is 11.3 Å². The van der Waals surface area contributed by atoms with Crippen LogP contribution in [0.15, 0.2) is 85.2 Å². The molecular formula is C37H38GeIrN2S-2. The summed E-state index contributed by atoms with van der Waals surface area (Å²) in [6, 6.07) is 31.5. The van der Waals surface area contributed by atoms with Gasteiger partial charge < -0.3 is 4.98 Å². The van der Waals surface area contributed by atoms with Crippen LogP contribution in [0.3, 0.4) is 0 Å². The van der Waals surface area contributed by atoms with E-state index in [1.807, 2.05) is 50.4 Å². The molecule has 1 radical (unpaired) electrons. The summed E-state index contributed by atoms with van der Waals surface area (Å²) in [5.41, 5.74) is 7.68. The molecule has 2 nitrogen and oxygen atoms in total. The fourth-order valence-electron chi connectivity index (χ4n) is 5.12. The van der Waals surface area contributed by atoms with E-state index in [4.69, 9.17) is 1.37 Å². The summed E-state index contributed by atoms with van der Waals surface area (Å²) >= 11 is 0.0202. The van der Waals surface area contributed by atoms with E-state index in [1.165, 1.54) is 35.7 Å². The van der Waals surface area contributed by atoms with Crippen LogP contribution in [0.2, 0.25) is 17.3 Å². The number of hydrogen-bond acceptors (Lipinski definition) is 3. The normalized spacial score (nSPS) is 13.1. The van der Waals surface area contributed by atoms with Gasteiger partial charge >= 0.3 is 106 Å². The minimum Gasteiger partial charge on any atom is -0.305 e. The van der Waals surface area contributed by atoms with Gasteiger partial charge in [-0.05, 0) is 47.2 Å². The summed E-state index contributed by atoms with van der Waals surface area (Å²) < 4.78 is 12.5. The molecule has 6 aromatic rings. The van der Waals surface area contributed by atoms with Crippen LogP contribution in [0.1, 0.15) is 44.2 Å². The van der Waals surface area contributed by atoms with Crippen molar-refractivity contribution in [3.05, 3.63) is 114 Å². The third-order valence-corrected chi connectivity index (χ3v) is 13.2. The van der Waals surface area contributed by atoms with Crippen LogP contribution in [0.4, 0.5) is 0 Å². The monoisotopic (exact) mass is 810 g/mol. The SMILES string of the molecule is Cc1cc(-c2[c-]cccc2)nc[c]1[Ge]([CH3])([CH3])[CH3].[2H]C(C)(CC)c1ccnc(-c2[c-]ccc3c2sc2ccc(C)cc23)c1.[Ir]. The number of benzene rings is 3. The van der Waals surface area contributed by atoms with Gasteiger partial charge in [-0.15, -0.1) is 23.8 Å². The van der Waals surface area contributed by atoms with E-state index in [2.05, 4.69) is 102 Å². The van der Waals surface area contributed by atoms with E-state index in [9.17, 15) is 0 Å². The van der Waals surface area contributed by atoms with Crippen molar-refractivity contribution in [1.29, 1.82) is 0 Å². The molecule has 0 aliphatic heterocycles. The number of thiophene rings is 1. The minimum absolute atomic E-state index is 0. The van der Waals surface area contributed by atoms with Crippen molar-refractivity contribution in [1.82, 2.24) is 9.97 Å². The Morgan fingerprint density at radius 1 is 0.905 bits per heavy atom. The molecule has 0 aliphatic carbocycles. The van der Waals surface area contributed by atoms with Gasteiger partial charge in [0.05, 0.1) is 0 Å². The van der Waals surface area contributed by atoms with Gasteiger partial charge in [-0.1, -0.05) is 48.6 Å². The van der Waals surface area contributed by atoms with Crippen LogP contribution < -0.4 is 4.40 Å². The second-order valence-electron chi connectivity index (χ2n) is 11.7.